The number of H-pyrrole nitrogens is 1. The van der Waals surface area contributed by atoms with Gasteiger partial charge in [0.25, 0.3) is 0 Å². The van der Waals surface area contributed by atoms with Crippen LogP contribution in [0.25, 0.3) is 10.9 Å². The van der Waals surface area contributed by atoms with Crippen molar-refractivity contribution in [3.05, 3.63) is 89.5 Å². The predicted molar refractivity (Wildman–Crippen MR) is 140 cm³/mol. The quantitative estimate of drug-likeness (QED) is 0.441. The first-order chi connectivity index (χ1) is 17.0. The van der Waals surface area contributed by atoms with E-state index in [0.717, 1.165) is 44.2 Å². The van der Waals surface area contributed by atoms with Crippen LogP contribution in [0.2, 0.25) is 0 Å². The van der Waals surface area contributed by atoms with Gasteiger partial charge in [-0.1, -0.05) is 42.5 Å². The second-order valence-corrected chi connectivity index (χ2v) is 9.67. The Labute approximate surface area is 208 Å². The fraction of sp³-hybridized carbons (Fsp3) is 0.214. The van der Waals surface area contributed by atoms with E-state index in [0.29, 0.717) is 6.42 Å². The van der Waals surface area contributed by atoms with Gasteiger partial charge in [-0.15, -0.1) is 11.8 Å². The van der Waals surface area contributed by atoms with Crippen LogP contribution in [0.4, 0.5) is 5.69 Å². The number of carbonyl (C=O) groups excluding carboxylic acids is 2. The summed E-state index contributed by atoms with van der Waals surface area (Å²) >= 11 is 1.70. The van der Waals surface area contributed by atoms with Gasteiger partial charge in [0.2, 0.25) is 11.8 Å². The molecule has 1 aliphatic heterocycles. The Bertz CT molecular complexity index is 1380. The summed E-state index contributed by atoms with van der Waals surface area (Å²) in [5.74, 6) is 1.16. The lowest BCUT2D eigenvalue weighted by molar-refractivity contribution is -0.127. The Hall–Kier alpha value is -3.71. The highest BCUT2D eigenvalue weighted by molar-refractivity contribution is 7.98. The van der Waals surface area contributed by atoms with Gasteiger partial charge < -0.3 is 19.9 Å². The molecule has 35 heavy (non-hydrogen) atoms. The van der Waals surface area contributed by atoms with Crippen LogP contribution in [0.15, 0.2) is 77.8 Å². The van der Waals surface area contributed by atoms with E-state index in [4.69, 9.17) is 4.74 Å². The van der Waals surface area contributed by atoms with E-state index in [-0.39, 0.29) is 18.2 Å². The molecule has 0 radical (unpaired) electrons. The van der Waals surface area contributed by atoms with Gasteiger partial charge in [-0.3, -0.25) is 9.59 Å². The van der Waals surface area contributed by atoms with Crippen molar-refractivity contribution in [1.29, 1.82) is 0 Å². The molecular weight excluding hydrogens is 458 g/mol. The number of nitrogens with zero attached hydrogens (tertiary/aromatic N) is 1. The number of hydrogen-bond donors (Lipinski definition) is 2. The van der Waals surface area contributed by atoms with Gasteiger partial charge in [0.1, 0.15) is 11.8 Å². The lowest BCUT2D eigenvalue weighted by Gasteiger charge is -2.25. The molecule has 6 nitrogen and oxygen atoms in total. The molecule has 0 unspecified atom stereocenters. The molecule has 3 aromatic carbocycles. The number of fused-ring (bicyclic) bond motifs is 5. The van der Waals surface area contributed by atoms with Crippen molar-refractivity contribution in [2.75, 3.05) is 19.1 Å². The van der Waals surface area contributed by atoms with Gasteiger partial charge in [-0.2, -0.15) is 0 Å². The monoisotopic (exact) mass is 485 g/mol. The average Bonchev–Trinajstić information content (AvgIpc) is 3.23. The zero-order chi connectivity index (χ0) is 24.4. The number of thioether (sulfide) groups is 1. The molecule has 7 heteroatoms. The number of methoxy groups -OCH3 is 1. The average molecular weight is 486 g/mol. The minimum absolute atomic E-state index is 0.167. The molecule has 1 aromatic heterocycles. The van der Waals surface area contributed by atoms with E-state index < -0.39 is 6.04 Å². The number of hydrogen-bond acceptors (Lipinski definition) is 4. The first-order valence-corrected chi connectivity index (χ1v) is 12.5. The van der Waals surface area contributed by atoms with Crippen LogP contribution in [-0.4, -0.2) is 37.0 Å². The van der Waals surface area contributed by atoms with Crippen molar-refractivity contribution in [1.82, 2.24) is 10.3 Å². The van der Waals surface area contributed by atoms with Crippen molar-refractivity contribution in [3.8, 4) is 5.75 Å². The largest absolute Gasteiger partial charge is 0.497 e. The SMILES string of the molecule is COc1ccc(N(C)C(=O)[C@@H]2Cc3cccc(c3)CSc3[nH]c4ccccc4c3CC(=O)N2)cc1. The molecule has 2 amide bonds. The van der Waals surface area contributed by atoms with Crippen LogP contribution in [-0.2, 0) is 28.2 Å². The molecule has 0 saturated heterocycles. The number of anilines is 1. The van der Waals surface area contributed by atoms with Crippen LogP contribution in [0.5, 0.6) is 5.75 Å². The number of nitrogens with one attached hydrogen (secondary N) is 2. The number of ether oxygens (including phenoxy) is 1. The van der Waals surface area contributed by atoms with Crippen molar-refractivity contribution < 1.29 is 14.3 Å². The minimum Gasteiger partial charge on any atom is -0.497 e. The van der Waals surface area contributed by atoms with E-state index in [2.05, 4.69) is 22.4 Å². The summed E-state index contributed by atoms with van der Waals surface area (Å²) < 4.78 is 5.23. The van der Waals surface area contributed by atoms with Gasteiger partial charge in [0.15, 0.2) is 0 Å². The zero-order valence-electron chi connectivity index (χ0n) is 19.7. The second kappa shape index (κ2) is 9.88. The van der Waals surface area contributed by atoms with Crippen molar-refractivity contribution in [2.24, 2.45) is 0 Å². The Kier molecular flexibility index (Phi) is 6.51. The molecule has 1 atom stereocenters. The lowest BCUT2D eigenvalue weighted by Crippen LogP contribution is -2.49. The number of benzene rings is 3. The number of carbonyl (C=O) groups is 2. The van der Waals surface area contributed by atoms with E-state index in [9.17, 15) is 9.59 Å². The van der Waals surface area contributed by atoms with E-state index in [1.807, 2.05) is 60.7 Å². The maximum atomic E-state index is 13.6. The van der Waals surface area contributed by atoms with Gasteiger partial charge in [0, 0.05) is 41.4 Å². The molecule has 0 saturated carbocycles. The van der Waals surface area contributed by atoms with Crippen molar-refractivity contribution in [3.63, 3.8) is 0 Å². The zero-order valence-corrected chi connectivity index (χ0v) is 20.5. The standard InChI is InChI=1S/C28H27N3O3S/c1-31(20-10-12-21(34-2)13-11-20)28(33)25-15-18-6-5-7-19(14-18)17-35-27-23(16-26(32)29-25)22-8-3-4-9-24(22)30-27/h3-14,25,30H,15-17H2,1-2H3,(H,29,32)/t25-/m0/s1. The third-order valence-electron chi connectivity index (χ3n) is 6.35. The Morgan fingerprint density at radius 3 is 2.60 bits per heavy atom. The molecule has 178 valence electrons. The number of aromatic nitrogens is 1. The van der Waals surface area contributed by atoms with Gasteiger partial charge >= 0.3 is 0 Å². The Morgan fingerprint density at radius 2 is 1.80 bits per heavy atom. The third kappa shape index (κ3) is 4.91. The summed E-state index contributed by atoms with van der Waals surface area (Å²) in [7, 11) is 3.34. The molecule has 2 heterocycles. The Balaban J connectivity index is 1.49. The maximum absolute atomic E-state index is 13.6. The normalized spacial score (nSPS) is 15.9. The highest BCUT2D eigenvalue weighted by Gasteiger charge is 2.27. The third-order valence-corrected chi connectivity index (χ3v) is 7.46. The van der Waals surface area contributed by atoms with Gasteiger partial charge in [-0.05, 0) is 41.5 Å². The molecule has 2 bridgehead atoms. The highest BCUT2D eigenvalue weighted by atomic mass is 32.2. The summed E-state index contributed by atoms with van der Waals surface area (Å²) in [5, 5.41) is 5.06. The number of aromatic amines is 1. The van der Waals surface area contributed by atoms with Crippen LogP contribution < -0.4 is 15.0 Å². The lowest BCUT2D eigenvalue weighted by atomic mass is 10.0. The fourth-order valence-electron chi connectivity index (χ4n) is 4.48. The molecule has 2 N–H and O–H groups in total. The second-order valence-electron chi connectivity index (χ2n) is 8.68. The minimum atomic E-state index is -0.689. The molecule has 0 spiro atoms. The number of para-hydroxylation sites is 1. The van der Waals surface area contributed by atoms with Crippen LogP contribution in [0, 0.1) is 0 Å². The molecule has 0 aliphatic carbocycles. The maximum Gasteiger partial charge on any atom is 0.249 e. The van der Waals surface area contributed by atoms with Crippen LogP contribution in [0.3, 0.4) is 0 Å². The van der Waals surface area contributed by atoms with Crippen LogP contribution >= 0.6 is 11.8 Å². The smallest absolute Gasteiger partial charge is 0.249 e. The van der Waals surface area contributed by atoms with Crippen LogP contribution in [0.1, 0.15) is 16.7 Å². The van der Waals surface area contributed by atoms with Crippen molar-refractivity contribution >= 4 is 40.2 Å². The molecule has 5 rings (SSSR count). The fourth-order valence-corrected chi connectivity index (χ4v) is 5.51. The molecule has 4 aromatic rings. The first-order valence-electron chi connectivity index (χ1n) is 11.5. The summed E-state index contributed by atoms with van der Waals surface area (Å²) in [5.41, 5.74) is 4.91. The summed E-state index contributed by atoms with van der Waals surface area (Å²) in [6, 6.07) is 22.9. The molecule has 1 aliphatic rings. The number of rotatable bonds is 3. The number of amides is 2. The first kappa shape index (κ1) is 23.1. The van der Waals surface area contributed by atoms with E-state index >= 15 is 0 Å². The summed E-state index contributed by atoms with van der Waals surface area (Å²) in [6.45, 7) is 0. The topological polar surface area (TPSA) is 74.4 Å². The van der Waals surface area contributed by atoms with Gasteiger partial charge in [-0.25, -0.2) is 0 Å². The summed E-state index contributed by atoms with van der Waals surface area (Å²) in [4.78, 5) is 31.9. The molecule has 0 fully saturated rings. The van der Waals surface area contributed by atoms with Crippen molar-refractivity contribution in [2.45, 2.75) is 29.7 Å². The predicted octanol–water partition coefficient (Wildman–Crippen LogP) is 4.72. The van der Waals surface area contributed by atoms with Gasteiger partial charge in [0.05, 0.1) is 18.6 Å². The highest BCUT2D eigenvalue weighted by Crippen LogP contribution is 2.33. The summed E-state index contributed by atoms with van der Waals surface area (Å²) in [6.07, 6.45) is 0.626. The Morgan fingerprint density at radius 1 is 1.03 bits per heavy atom. The van der Waals surface area contributed by atoms with E-state index in [1.165, 1.54) is 5.56 Å². The van der Waals surface area contributed by atoms with E-state index in [1.54, 1.807) is 30.8 Å². The number of likely N-dealkylation sites (N-methyl/N-ethyl adjacent to an activating group) is 1. The molecular formula is C28H27N3O3S.